The molecular formula is C40H48N4O8Si. The van der Waals surface area contributed by atoms with Gasteiger partial charge in [0.15, 0.2) is 13.9 Å². The molecule has 4 aliphatic heterocycles. The molecule has 2 N–H and O–H groups in total. The van der Waals surface area contributed by atoms with Crippen LogP contribution in [-0.2, 0) is 44.2 Å². The average Bonchev–Trinajstić information content (AvgIpc) is 3.55. The van der Waals surface area contributed by atoms with Crippen molar-refractivity contribution in [2.24, 2.45) is 5.92 Å². The number of rotatable bonds is 8. The van der Waals surface area contributed by atoms with Gasteiger partial charge in [0.2, 0.25) is 11.8 Å². The molecule has 0 bridgehead atoms. The zero-order valence-electron chi connectivity index (χ0n) is 30.6. The summed E-state index contributed by atoms with van der Waals surface area (Å²) in [5.41, 5.74) is 2.09. The molecule has 4 heterocycles. The lowest BCUT2D eigenvalue weighted by atomic mass is 9.82. The summed E-state index contributed by atoms with van der Waals surface area (Å²) in [7, 11) is -3.14. The van der Waals surface area contributed by atoms with Gasteiger partial charge in [-0.05, 0) is 67.2 Å². The van der Waals surface area contributed by atoms with Gasteiger partial charge in [-0.15, -0.1) is 0 Å². The molecule has 0 aliphatic carbocycles. The van der Waals surface area contributed by atoms with E-state index in [1.807, 2.05) is 60.4 Å². The number of aliphatic hydroxyl groups is 1. The molecule has 0 unspecified atom stereocenters. The Labute approximate surface area is 310 Å². The first kappa shape index (κ1) is 36.9. The second kappa shape index (κ2) is 14.4. The number of hydrogen-bond acceptors (Lipinski definition) is 8. The van der Waals surface area contributed by atoms with E-state index in [-0.39, 0.29) is 37.1 Å². The molecule has 2 fully saturated rings. The number of nitrogens with zero attached hydrogens (tertiary/aromatic N) is 4. The summed E-state index contributed by atoms with van der Waals surface area (Å²) < 4.78 is 6.84. The number of amides is 3. The molecule has 3 aromatic carbocycles. The summed E-state index contributed by atoms with van der Waals surface area (Å²) in [6.07, 6.45) is 4.01. The maximum atomic E-state index is 14.9. The van der Waals surface area contributed by atoms with Crippen molar-refractivity contribution >= 4 is 43.1 Å². The quantitative estimate of drug-likeness (QED) is 0.173. The highest BCUT2D eigenvalue weighted by atomic mass is 28.4. The molecule has 280 valence electrons. The average molecular weight is 741 g/mol. The lowest BCUT2D eigenvalue weighted by molar-refractivity contribution is -0.385. The van der Waals surface area contributed by atoms with Crippen LogP contribution >= 0.6 is 0 Å². The van der Waals surface area contributed by atoms with Crippen LogP contribution in [0.3, 0.4) is 0 Å². The molecule has 0 aromatic heterocycles. The molecule has 5 atom stereocenters. The van der Waals surface area contributed by atoms with Gasteiger partial charge >= 0.3 is 0 Å². The molecule has 7 rings (SSSR count). The molecule has 0 saturated carbocycles. The van der Waals surface area contributed by atoms with Gasteiger partial charge in [-0.25, -0.2) is 0 Å². The number of aliphatic hydroxyl groups excluding tert-OH is 1. The molecule has 3 aromatic rings. The van der Waals surface area contributed by atoms with Crippen molar-refractivity contribution in [2.75, 3.05) is 23.0 Å². The second-order valence-corrected chi connectivity index (χ2v) is 19.6. The van der Waals surface area contributed by atoms with Crippen LogP contribution in [-0.4, -0.2) is 71.1 Å². The molecule has 1 spiro atoms. The third kappa shape index (κ3) is 6.68. The fourth-order valence-corrected chi connectivity index (χ4v) is 11.8. The molecule has 2 saturated heterocycles. The van der Waals surface area contributed by atoms with Gasteiger partial charge in [-0.2, -0.15) is 0 Å². The predicted octanol–water partition coefficient (Wildman–Crippen LogP) is 5.57. The minimum absolute atomic E-state index is 0.104. The van der Waals surface area contributed by atoms with Crippen molar-refractivity contribution in [3.05, 3.63) is 99.1 Å². The zero-order valence-corrected chi connectivity index (χ0v) is 31.6. The Balaban J connectivity index is 1.21. The Kier molecular flexibility index (Phi) is 10.0. The van der Waals surface area contributed by atoms with E-state index in [9.17, 15) is 34.4 Å². The number of nitro benzene ring substituents is 1. The fourth-order valence-electron chi connectivity index (χ4n) is 9.26. The fraction of sp³-hybridized carbons (Fsp3) is 0.475. The van der Waals surface area contributed by atoms with E-state index >= 15 is 0 Å². The van der Waals surface area contributed by atoms with E-state index in [0.29, 0.717) is 37.2 Å². The zero-order chi connectivity index (χ0) is 37.7. The van der Waals surface area contributed by atoms with Crippen LogP contribution in [0.4, 0.5) is 17.1 Å². The highest BCUT2D eigenvalue weighted by Crippen LogP contribution is 2.60. The summed E-state index contributed by atoms with van der Waals surface area (Å²) in [6, 6.07) is 19.3. The largest absolute Gasteiger partial charge is 0.432 e. The third-order valence-corrected chi connectivity index (χ3v) is 14.4. The summed E-state index contributed by atoms with van der Waals surface area (Å²) in [5.74, 6) is -1.17. The van der Waals surface area contributed by atoms with Gasteiger partial charge in [0, 0.05) is 54.4 Å². The standard InChI is InChI=1S/C40H48N4O8Si/c1-26-38(53(2,3)51)35(22-37(47)42-24-29-11-8-7-10-28(29)20-32(42)25-45)52-40(26)33-21-31(44(49)50)17-18-34(33)43(39(40)48)23-27-13-15-30(16-14-27)41-19-9-5-4-6-12-36(41)46/h7-8,10-11,13-18,21,26,32,35,38,45,51H,4-6,9,12,19-20,22-25H2,1-3H3/t26-,32-,35+,38-,40+/m0/s1. The number of nitro groups is 1. The first-order valence-corrected chi connectivity index (χ1v) is 21.7. The Hall–Kier alpha value is -4.43. The first-order valence-electron chi connectivity index (χ1n) is 18.7. The van der Waals surface area contributed by atoms with E-state index in [2.05, 4.69) is 0 Å². The van der Waals surface area contributed by atoms with Gasteiger partial charge in [0.25, 0.3) is 11.6 Å². The maximum absolute atomic E-state index is 14.9. The van der Waals surface area contributed by atoms with E-state index < -0.39 is 48.4 Å². The smallest absolute Gasteiger partial charge is 0.269 e. The van der Waals surface area contributed by atoms with Crippen molar-refractivity contribution in [1.82, 2.24) is 4.90 Å². The maximum Gasteiger partial charge on any atom is 0.269 e. The minimum Gasteiger partial charge on any atom is -0.432 e. The van der Waals surface area contributed by atoms with Crippen LogP contribution in [0.15, 0.2) is 66.7 Å². The molecule has 0 radical (unpaired) electrons. The summed E-state index contributed by atoms with van der Waals surface area (Å²) in [6.45, 7) is 6.30. The van der Waals surface area contributed by atoms with Crippen molar-refractivity contribution in [1.29, 1.82) is 0 Å². The number of benzene rings is 3. The molecule has 4 aliphatic rings. The van der Waals surface area contributed by atoms with E-state index in [4.69, 9.17) is 4.74 Å². The Morgan fingerprint density at radius 1 is 1.02 bits per heavy atom. The van der Waals surface area contributed by atoms with Gasteiger partial charge < -0.3 is 29.3 Å². The highest BCUT2D eigenvalue weighted by molar-refractivity contribution is 6.71. The van der Waals surface area contributed by atoms with Crippen LogP contribution in [0.1, 0.15) is 67.7 Å². The van der Waals surface area contributed by atoms with E-state index in [1.165, 1.54) is 12.1 Å². The topological polar surface area (TPSA) is 154 Å². The SMILES string of the molecule is C[C@H]1[C@H]([Si](C)(C)O)[C@@H](CC(=O)N2Cc3ccccc3C[C@H]2CO)O[C@]12C(=O)N(Cc1ccc(N3CCCCCCC3=O)cc1)c1ccc([N+](=O)[O-])cc12. The van der Waals surface area contributed by atoms with Crippen molar-refractivity contribution in [3.8, 4) is 0 Å². The van der Waals surface area contributed by atoms with E-state index in [0.717, 1.165) is 48.1 Å². The normalized spacial score (nSPS) is 26.0. The van der Waals surface area contributed by atoms with Crippen molar-refractivity contribution in [3.63, 3.8) is 0 Å². The summed E-state index contributed by atoms with van der Waals surface area (Å²) in [4.78, 5) is 70.3. The first-order chi connectivity index (χ1) is 25.3. The second-order valence-electron chi connectivity index (χ2n) is 15.6. The van der Waals surface area contributed by atoms with E-state index in [1.54, 1.807) is 29.0 Å². The lowest BCUT2D eigenvalue weighted by Crippen LogP contribution is -2.48. The van der Waals surface area contributed by atoms with Crippen LogP contribution in [0, 0.1) is 16.0 Å². The number of anilines is 2. The predicted molar refractivity (Wildman–Crippen MR) is 202 cm³/mol. The van der Waals surface area contributed by atoms with Gasteiger partial charge in [-0.3, -0.25) is 24.5 Å². The van der Waals surface area contributed by atoms with Crippen LogP contribution in [0.2, 0.25) is 18.6 Å². The van der Waals surface area contributed by atoms with Crippen molar-refractivity contribution < 1.29 is 33.9 Å². The highest BCUT2D eigenvalue weighted by Gasteiger charge is 2.66. The van der Waals surface area contributed by atoms with Gasteiger partial charge in [-0.1, -0.05) is 56.2 Å². The number of carbonyl (C=O) groups is 3. The van der Waals surface area contributed by atoms with Gasteiger partial charge in [0.1, 0.15) is 0 Å². The minimum atomic E-state index is -3.14. The van der Waals surface area contributed by atoms with Crippen LogP contribution < -0.4 is 9.80 Å². The Morgan fingerprint density at radius 3 is 2.43 bits per heavy atom. The van der Waals surface area contributed by atoms with Gasteiger partial charge in [0.05, 0.1) is 42.3 Å². The third-order valence-electron chi connectivity index (χ3n) is 11.9. The summed E-state index contributed by atoms with van der Waals surface area (Å²) in [5, 5.41) is 22.3. The Morgan fingerprint density at radius 2 is 1.74 bits per heavy atom. The number of ether oxygens (including phenoxy) is 1. The Bertz CT molecular complexity index is 1910. The number of hydrogen-bond donors (Lipinski definition) is 2. The van der Waals surface area contributed by atoms with Crippen LogP contribution in [0.5, 0.6) is 0 Å². The molecule has 12 nitrogen and oxygen atoms in total. The molecular weight excluding hydrogens is 693 g/mol. The monoisotopic (exact) mass is 740 g/mol. The summed E-state index contributed by atoms with van der Waals surface area (Å²) >= 11 is 0. The molecule has 53 heavy (non-hydrogen) atoms. The number of non-ortho nitro benzene ring substituents is 1. The van der Waals surface area contributed by atoms with Crippen molar-refractivity contribution in [2.45, 2.75) is 101 Å². The molecule has 3 amide bonds. The lowest BCUT2D eigenvalue weighted by Gasteiger charge is -2.37. The molecule has 13 heteroatoms. The number of carbonyl (C=O) groups excluding carboxylic acids is 3. The number of fused-ring (bicyclic) bond motifs is 3. The van der Waals surface area contributed by atoms with Crippen LogP contribution in [0.25, 0.3) is 0 Å².